The largest absolute Gasteiger partial charge is 0.490 e. The summed E-state index contributed by atoms with van der Waals surface area (Å²) in [5.41, 5.74) is 4.40. The maximum absolute atomic E-state index is 11.0. The lowest BCUT2D eigenvalue weighted by Crippen LogP contribution is -2.49. The van der Waals surface area contributed by atoms with Gasteiger partial charge in [0.25, 0.3) is 5.91 Å². The van der Waals surface area contributed by atoms with E-state index in [0.29, 0.717) is 0 Å². The van der Waals surface area contributed by atoms with Gasteiger partial charge < -0.3 is 15.5 Å². The summed E-state index contributed by atoms with van der Waals surface area (Å²) in [6.07, 6.45) is -5.08. The number of hydrogen-bond donors (Lipinski definition) is 5. The highest BCUT2D eigenvalue weighted by Crippen LogP contribution is 2.13. The molecule has 0 bridgehead atoms. The first-order valence-electron chi connectivity index (χ1n) is 5.31. The SMILES string of the molecule is C[C@@H](NNC(=O)CNC(=O)CBr)C(=O)O.O=C(O)C(F)(F)F. The molecule has 1 atom stereocenters. The maximum atomic E-state index is 11.0. The molecule has 0 radical (unpaired) electrons. The van der Waals surface area contributed by atoms with Crippen LogP contribution >= 0.6 is 15.9 Å². The van der Waals surface area contributed by atoms with E-state index in [2.05, 4.69) is 32.1 Å². The van der Waals surface area contributed by atoms with Crippen molar-refractivity contribution in [2.24, 2.45) is 0 Å². The summed E-state index contributed by atoms with van der Waals surface area (Å²) in [6.45, 7) is 1.17. The summed E-state index contributed by atoms with van der Waals surface area (Å²) in [7, 11) is 0. The van der Waals surface area contributed by atoms with E-state index in [9.17, 15) is 27.6 Å². The van der Waals surface area contributed by atoms with Crippen molar-refractivity contribution in [3.8, 4) is 0 Å². The van der Waals surface area contributed by atoms with Gasteiger partial charge in [-0.25, -0.2) is 10.2 Å². The van der Waals surface area contributed by atoms with E-state index in [1.54, 1.807) is 0 Å². The number of amides is 2. The van der Waals surface area contributed by atoms with Crippen LogP contribution in [-0.4, -0.2) is 58.1 Å². The van der Waals surface area contributed by atoms with E-state index in [4.69, 9.17) is 15.0 Å². The summed E-state index contributed by atoms with van der Waals surface area (Å²) in [5, 5.41) is 18.0. The van der Waals surface area contributed by atoms with E-state index in [1.165, 1.54) is 6.92 Å². The molecule has 128 valence electrons. The number of nitrogens with one attached hydrogen (secondary N) is 3. The highest BCUT2D eigenvalue weighted by Gasteiger charge is 2.38. The molecule has 13 heteroatoms. The fraction of sp³-hybridized carbons (Fsp3) is 0.556. The third-order valence-electron chi connectivity index (χ3n) is 1.61. The van der Waals surface area contributed by atoms with Crippen molar-refractivity contribution in [3.63, 3.8) is 0 Å². The molecule has 0 aliphatic carbocycles. The average Bonchev–Trinajstić information content (AvgIpc) is 2.41. The van der Waals surface area contributed by atoms with Crippen molar-refractivity contribution in [2.45, 2.75) is 19.1 Å². The maximum Gasteiger partial charge on any atom is 0.490 e. The number of hydrazine groups is 1. The van der Waals surface area contributed by atoms with Crippen LogP contribution in [0.3, 0.4) is 0 Å². The second kappa shape index (κ2) is 10.8. The van der Waals surface area contributed by atoms with Crippen molar-refractivity contribution in [3.05, 3.63) is 0 Å². The highest BCUT2D eigenvalue weighted by atomic mass is 79.9. The topological polar surface area (TPSA) is 145 Å². The van der Waals surface area contributed by atoms with Gasteiger partial charge in [-0.05, 0) is 6.92 Å². The van der Waals surface area contributed by atoms with E-state index in [-0.39, 0.29) is 17.8 Å². The molecule has 0 aliphatic rings. The summed E-state index contributed by atoms with van der Waals surface area (Å²) in [5.74, 6) is -4.68. The molecule has 22 heavy (non-hydrogen) atoms. The Hall–Kier alpha value is -1.89. The average molecular weight is 396 g/mol. The van der Waals surface area contributed by atoms with Gasteiger partial charge in [-0.3, -0.25) is 19.8 Å². The van der Waals surface area contributed by atoms with Crippen LogP contribution in [0.4, 0.5) is 13.2 Å². The third kappa shape index (κ3) is 13.1. The molecule has 2 amide bonds. The van der Waals surface area contributed by atoms with Gasteiger partial charge in [-0.15, -0.1) is 0 Å². The normalized spacial score (nSPS) is 11.5. The molecule has 9 nitrogen and oxygen atoms in total. The Morgan fingerprint density at radius 3 is 1.91 bits per heavy atom. The second-order valence-corrected chi connectivity index (χ2v) is 4.03. The number of rotatable bonds is 6. The number of hydrogen-bond acceptors (Lipinski definition) is 5. The lowest BCUT2D eigenvalue weighted by Gasteiger charge is -2.10. The minimum atomic E-state index is -5.08. The Kier molecular flexibility index (Phi) is 11.0. The van der Waals surface area contributed by atoms with Crippen LogP contribution in [-0.2, 0) is 19.2 Å². The van der Waals surface area contributed by atoms with Crippen molar-refractivity contribution in [1.29, 1.82) is 0 Å². The summed E-state index contributed by atoms with van der Waals surface area (Å²) < 4.78 is 31.7. The van der Waals surface area contributed by atoms with Gasteiger partial charge >= 0.3 is 18.1 Å². The fourth-order valence-electron chi connectivity index (χ4n) is 0.521. The number of carbonyl (C=O) groups is 4. The minimum absolute atomic E-state index is 0.110. The molecule has 0 saturated carbocycles. The molecule has 0 saturated heterocycles. The molecule has 0 aromatic rings. The van der Waals surface area contributed by atoms with Gasteiger partial charge in [-0.1, -0.05) is 15.9 Å². The van der Waals surface area contributed by atoms with E-state index in [1.807, 2.05) is 0 Å². The Labute approximate surface area is 130 Å². The zero-order valence-corrected chi connectivity index (χ0v) is 12.6. The summed E-state index contributed by atoms with van der Waals surface area (Å²) in [4.78, 5) is 40.9. The molecule has 0 fully saturated rings. The Morgan fingerprint density at radius 1 is 1.14 bits per heavy atom. The Balaban J connectivity index is 0. The molecule has 0 spiro atoms. The van der Waals surface area contributed by atoms with Crippen molar-refractivity contribution in [2.75, 3.05) is 11.9 Å². The van der Waals surface area contributed by atoms with Gasteiger partial charge in [0.1, 0.15) is 6.04 Å². The quantitative estimate of drug-likeness (QED) is 0.293. The van der Waals surface area contributed by atoms with Crippen molar-refractivity contribution in [1.82, 2.24) is 16.2 Å². The van der Waals surface area contributed by atoms with Crippen LogP contribution in [0.2, 0.25) is 0 Å². The first kappa shape index (κ1) is 22.4. The Bertz CT molecular complexity index is 418. The van der Waals surface area contributed by atoms with Crippen LogP contribution < -0.4 is 16.2 Å². The van der Waals surface area contributed by atoms with Crippen LogP contribution in [0.5, 0.6) is 0 Å². The molecule has 5 N–H and O–H groups in total. The molecule has 0 aliphatic heterocycles. The number of alkyl halides is 4. The number of carboxylic acid groups (broad SMARTS) is 2. The fourth-order valence-corrected chi connectivity index (χ4v) is 0.719. The van der Waals surface area contributed by atoms with E-state index in [0.717, 1.165) is 0 Å². The van der Waals surface area contributed by atoms with Crippen LogP contribution in [0.25, 0.3) is 0 Å². The second-order valence-electron chi connectivity index (χ2n) is 3.47. The van der Waals surface area contributed by atoms with Gasteiger partial charge in [0, 0.05) is 0 Å². The summed E-state index contributed by atoms with van der Waals surface area (Å²) in [6, 6.07) is -0.888. The number of aliphatic carboxylic acids is 2. The zero-order chi connectivity index (χ0) is 17.9. The van der Waals surface area contributed by atoms with Gasteiger partial charge in [-0.2, -0.15) is 13.2 Å². The minimum Gasteiger partial charge on any atom is -0.480 e. The molecule has 0 aromatic heterocycles. The summed E-state index contributed by atoms with van der Waals surface area (Å²) >= 11 is 2.91. The molecule has 0 rings (SSSR count). The smallest absolute Gasteiger partial charge is 0.480 e. The highest BCUT2D eigenvalue weighted by molar-refractivity contribution is 9.09. The predicted octanol–water partition coefficient (Wildman–Crippen LogP) is -0.775. The van der Waals surface area contributed by atoms with Crippen molar-refractivity contribution >= 4 is 39.7 Å². The van der Waals surface area contributed by atoms with Crippen LogP contribution in [0.15, 0.2) is 0 Å². The predicted molar refractivity (Wildman–Crippen MR) is 68.9 cm³/mol. The van der Waals surface area contributed by atoms with Gasteiger partial charge in [0.2, 0.25) is 5.91 Å². The third-order valence-corrected chi connectivity index (χ3v) is 2.12. The van der Waals surface area contributed by atoms with Crippen LogP contribution in [0.1, 0.15) is 6.92 Å². The first-order valence-corrected chi connectivity index (χ1v) is 6.43. The molecule has 0 unspecified atom stereocenters. The van der Waals surface area contributed by atoms with Gasteiger partial charge in [0.15, 0.2) is 0 Å². The molecule has 0 aromatic carbocycles. The number of carboxylic acids is 2. The van der Waals surface area contributed by atoms with E-state index < -0.39 is 30.1 Å². The Morgan fingerprint density at radius 2 is 1.59 bits per heavy atom. The van der Waals surface area contributed by atoms with Crippen molar-refractivity contribution < 1.29 is 42.6 Å². The lowest BCUT2D eigenvalue weighted by atomic mass is 10.4. The standard InChI is InChI=1S/C7H12BrN3O4.C2HF3O2/c1-4(7(14)15)10-11-6(13)3-9-5(12)2-8;3-2(4,5)1(6)7/h4,10H,2-3H2,1H3,(H,9,12)(H,11,13)(H,14,15);(H,6,7)/t4-;/m1./s1. The first-order chi connectivity index (χ1) is 9.91. The zero-order valence-electron chi connectivity index (χ0n) is 11.0. The number of halogens is 4. The molecular weight excluding hydrogens is 383 g/mol. The lowest BCUT2D eigenvalue weighted by molar-refractivity contribution is -0.192. The van der Waals surface area contributed by atoms with E-state index >= 15 is 0 Å². The van der Waals surface area contributed by atoms with Crippen LogP contribution in [0, 0.1) is 0 Å². The van der Waals surface area contributed by atoms with Gasteiger partial charge in [0.05, 0.1) is 11.9 Å². The number of carbonyl (C=O) groups excluding carboxylic acids is 2. The monoisotopic (exact) mass is 395 g/mol. The molecular formula is C9H13BrF3N3O6. The molecule has 0 heterocycles.